The standard InChI is InChI=1S/C28H34N4O2/c1-17-10-18(2)19(3)12-22(11-17)32-26-13-23-25(16-30-26)34-24(14-29)27(23)28(33)31-15-20(4)21-8-6-5-7-9-21/h5-9,13,16-20,22H,10-12,15H2,1-4H3,(H,30,32)(H,31,33). The summed E-state index contributed by atoms with van der Waals surface area (Å²) in [6, 6.07) is 14.3. The summed E-state index contributed by atoms with van der Waals surface area (Å²) in [6.45, 7) is 9.50. The summed E-state index contributed by atoms with van der Waals surface area (Å²) in [5.41, 5.74) is 1.87. The minimum Gasteiger partial charge on any atom is -0.443 e. The lowest BCUT2D eigenvalue weighted by molar-refractivity contribution is 0.0952. The lowest BCUT2D eigenvalue weighted by atomic mass is 9.89. The van der Waals surface area contributed by atoms with Crippen LogP contribution >= 0.6 is 0 Å². The highest BCUT2D eigenvalue weighted by atomic mass is 16.3. The number of nitrogens with one attached hydrogen (secondary N) is 2. The molecule has 0 radical (unpaired) electrons. The molecule has 5 atom stereocenters. The number of pyridine rings is 1. The molecule has 1 aliphatic carbocycles. The fourth-order valence-corrected chi connectivity index (χ4v) is 5.17. The van der Waals surface area contributed by atoms with E-state index in [0.717, 1.165) is 18.4 Å². The van der Waals surface area contributed by atoms with Gasteiger partial charge in [0.05, 0.1) is 6.20 Å². The zero-order valence-corrected chi connectivity index (χ0v) is 20.5. The summed E-state index contributed by atoms with van der Waals surface area (Å²) in [5, 5.41) is 16.8. The van der Waals surface area contributed by atoms with Crippen LogP contribution in [0.5, 0.6) is 0 Å². The predicted molar refractivity (Wildman–Crippen MR) is 135 cm³/mol. The first-order valence-electron chi connectivity index (χ1n) is 12.3. The minimum atomic E-state index is -0.305. The number of amides is 1. The largest absolute Gasteiger partial charge is 0.443 e. The van der Waals surface area contributed by atoms with Gasteiger partial charge in [0, 0.05) is 18.0 Å². The van der Waals surface area contributed by atoms with Crippen LogP contribution in [0.4, 0.5) is 5.82 Å². The number of benzene rings is 1. The highest BCUT2D eigenvalue weighted by molar-refractivity contribution is 6.08. The lowest BCUT2D eigenvalue weighted by Crippen LogP contribution is -2.28. The molecule has 0 spiro atoms. The first-order chi connectivity index (χ1) is 16.4. The molecule has 6 nitrogen and oxygen atoms in total. The maximum Gasteiger partial charge on any atom is 0.256 e. The summed E-state index contributed by atoms with van der Waals surface area (Å²) in [7, 11) is 0. The Bertz CT molecular complexity index is 1180. The topological polar surface area (TPSA) is 91.0 Å². The van der Waals surface area contributed by atoms with Crippen LogP contribution in [-0.2, 0) is 0 Å². The van der Waals surface area contributed by atoms with Gasteiger partial charge in [-0.1, -0.05) is 58.0 Å². The number of aromatic nitrogens is 1. The van der Waals surface area contributed by atoms with Gasteiger partial charge in [0.25, 0.3) is 5.91 Å². The molecule has 1 aromatic carbocycles. The minimum absolute atomic E-state index is 0.0179. The second-order valence-electron chi connectivity index (χ2n) is 10.1. The fraction of sp³-hybridized carbons (Fsp3) is 0.464. The zero-order chi connectivity index (χ0) is 24.2. The van der Waals surface area contributed by atoms with Crippen molar-refractivity contribution in [2.75, 3.05) is 11.9 Å². The Balaban J connectivity index is 1.54. The van der Waals surface area contributed by atoms with Gasteiger partial charge < -0.3 is 15.1 Å². The Kier molecular flexibility index (Phi) is 7.21. The van der Waals surface area contributed by atoms with Crippen LogP contribution in [0.1, 0.15) is 74.6 Å². The fourth-order valence-electron chi connectivity index (χ4n) is 5.17. The van der Waals surface area contributed by atoms with E-state index < -0.39 is 0 Å². The number of anilines is 1. The molecule has 2 aromatic heterocycles. The van der Waals surface area contributed by atoms with E-state index in [4.69, 9.17) is 4.42 Å². The molecular weight excluding hydrogens is 424 g/mol. The van der Waals surface area contributed by atoms with Gasteiger partial charge >= 0.3 is 0 Å². The molecule has 2 N–H and O–H groups in total. The molecule has 0 bridgehead atoms. The zero-order valence-electron chi connectivity index (χ0n) is 20.5. The Morgan fingerprint density at radius 1 is 1.18 bits per heavy atom. The van der Waals surface area contributed by atoms with Crippen LogP contribution in [0.3, 0.4) is 0 Å². The van der Waals surface area contributed by atoms with Crippen LogP contribution < -0.4 is 10.6 Å². The summed E-state index contributed by atoms with van der Waals surface area (Å²) in [5.74, 6) is 2.56. The van der Waals surface area contributed by atoms with Gasteiger partial charge in [0.2, 0.25) is 5.76 Å². The number of hydrogen-bond acceptors (Lipinski definition) is 5. The number of nitriles is 1. The summed E-state index contributed by atoms with van der Waals surface area (Å²) >= 11 is 0. The van der Waals surface area contributed by atoms with Gasteiger partial charge in [-0.15, -0.1) is 0 Å². The third kappa shape index (κ3) is 5.25. The Labute approximate surface area is 201 Å². The number of furan rings is 1. The van der Waals surface area contributed by atoms with E-state index in [2.05, 4.69) is 43.3 Å². The van der Waals surface area contributed by atoms with Crippen molar-refractivity contribution >= 4 is 22.7 Å². The van der Waals surface area contributed by atoms with Crippen LogP contribution in [-0.4, -0.2) is 23.5 Å². The SMILES string of the molecule is CC1CC(Nc2cc3c(C(=O)NCC(C)c4ccccc4)c(C#N)oc3cn2)CC(C)C(C)C1. The highest BCUT2D eigenvalue weighted by Gasteiger charge is 2.27. The summed E-state index contributed by atoms with van der Waals surface area (Å²) in [6.07, 6.45) is 5.03. The van der Waals surface area contributed by atoms with Gasteiger partial charge in [-0.3, -0.25) is 4.79 Å². The van der Waals surface area contributed by atoms with Crippen LogP contribution in [0.15, 0.2) is 47.0 Å². The van der Waals surface area contributed by atoms with Gasteiger partial charge in [-0.2, -0.15) is 5.26 Å². The number of rotatable bonds is 6. The molecule has 1 aliphatic rings. The number of carbonyl (C=O) groups excluding carboxylic acids is 1. The average molecular weight is 459 g/mol. The molecule has 1 amide bonds. The van der Waals surface area contributed by atoms with Crippen molar-refractivity contribution in [2.45, 2.75) is 58.9 Å². The van der Waals surface area contributed by atoms with E-state index in [9.17, 15) is 10.1 Å². The van der Waals surface area contributed by atoms with E-state index in [-0.39, 0.29) is 23.1 Å². The van der Waals surface area contributed by atoms with Crippen molar-refractivity contribution in [3.05, 3.63) is 59.5 Å². The molecule has 3 aromatic rings. The van der Waals surface area contributed by atoms with Gasteiger partial charge in [0.15, 0.2) is 5.58 Å². The van der Waals surface area contributed by atoms with E-state index >= 15 is 0 Å². The number of nitrogens with zero attached hydrogens (tertiary/aromatic N) is 2. The molecule has 4 rings (SSSR count). The Hall–Kier alpha value is -3.33. The number of carbonyl (C=O) groups is 1. The molecule has 2 heterocycles. The number of fused-ring (bicyclic) bond motifs is 1. The molecule has 178 valence electrons. The normalized spacial score (nSPS) is 23.6. The third-order valence-corrected chi connectivity index (χ3v) is 7.28. The van der Waals surface area contributed by atoms with Crippen molar-refractivity contribution in [3.8, 4) is 6.07 Å². The maximum absolute atomic E-state index is 13.1. The van der Waals surface area contributed by atoms with Crippen molar-refractivity contribution in [1.82, 2.24) is 10.3 Å². The first-order valence-corrected chi connectivity index (χ1v) is 12.3. The lowest BCUT2D eigenvalue weighted by Gasteiger charge is -2.21. The smallest absolute Gasteiger partial charge is 0.256 e. The molecular formula is C28H34N4O2. The maximum atomic E-state index is 13.1. The molecule has 34 heavy (non-hydrogen) atoms. The summed E-state index contributed by atoms with van der Waals surface area (Å²) < 4.78 is 5.66. The van der Waals surface area contributed by atoms with Crippen LogP contribution in [0, 0.1) is 29.1 Å². The van der Waals surface area contributed by atoms with Crippen LogP contribution in [0.25, 0.3) is 11.0 Å². The Morgan fingerprint density at radius 2 is 1.91 bits per heavy atom. The van der Waals surface area contributed by atoms with Crippen molar-refractivity contribution in [1.29, 1.82) is 5.26 Å². The molecule has 0 aliphatic heterocycles. The molecule has 5 unspecified atom stereocenters. The van der Waals surface area contributed by atoms with Gasteiger partial charge in [-0.05, 0) is 54.6 Å². The van der Waals surface area contributed by atoms with Crippen LogP contribution in [0.2, 0.25) is 0 Å². The van der Waals surface area contributed by atoms with E-state index in [1.54, 1.807) is 6.20 Å². The highest BCUT2D eigenvalue weighted by Crippen LogP contribution is 2.34. The monoisotopic (exact) mass is 458 g/mol. The molecule has 1 saturated carbocycles. The first kappa shape index (κ1) is 23.8. The third-order valence-electron chi connectivity index (χ3n) is 7.28. The quantitative estimate of drug-likeness (QED) is 0.435. The molecule has 0 saturated heterocycles. The van der Waals surface area contributed by atoms with Crippen molar-refractivity contribution < 1.29 is 9.21 Å². The number of hydrogen-bond donors (Lipinski definition) is 2. The predicted octanol–water partition coefficient (Wildman–Crippen LogP) is 6.11. The second kappa shape index (κ2) is 10.3. The second-order valence-corrected chi connectivity index (χ2v) is 10.1. The molecule has 6 heteroatoms. The van der Waals surface area contributed by atoms with Crippen molar-refractivity contribution in [2.24, 2.45) is 17.8 Å². The van der Waals surface area contributed by atoms with E-state index in [1.165, 1.54) is 6.42 Å². The Morgan fingerprint density at radius 3 is 2.65 bits per heavy atom. The van der Waals surface area contributed by atoms with Gasteiger partial charge in [-0.25, -0.2) is 4.98 Å². The average Bonchev–Trinajstić information content (AvgIpc) is 3.14. The van der Waals surface area contributed by atoms with Gasteiger partial charge in [0.1, 0.15) is 17.5 Å². The van der Waals surface area contributed by atoms with E-state index in [1.807, 2.05) is 42.5 Å². The van der Waals surface area contributed by atoms with Crippen molar-refractivity contribution in [3.63, 3.8) is 0 Å². The molecule has 1 fully saturated rings. The summed E-state index contributed by atoms with van der Waals surface area (Å²) in [4.78, 5) is 17.7. The van der Waals surface area contributed by atoms with E-state index in [0.29, 0.717) is 47.1 Å².